The number of fused-ring (bicyclic) bond motifs is 1. The van der Waals surface area contributed by atoms with Crippen molar-refractivity contribution in [3.8, 4) is 5.75 Å². The van der Waals surface area contributed by atoms with Crippen LogP contribution in [-0.4, -0.2) is 33.6 Å². The second-order valence-electron chi connectivity index (χ2n) is 6.72. The molecule has 144 valence electrons. The predicted octanol–water partition coefficient (Wildman–Crippen LogP) is 3.87. The van der Waals surface area contributed by atoms with E-state index >= 15 is 0 Å². The zero-order valence-corrected chi connectivity index (χ0v) is 15.9. The number of hydrogen-bond acceptors (Lipinski definition) is 4. The van der Waals surface area contributed by atoms with Gasteiger partial charge >= 0.3 is 5.97 Å². The third kappa shape index (κ3) is 3.76. The number of aliphatic hydroxyl groups excluding tert-OH is 1. The molecule has 0 amide bonds. The van der Waals surface area contributed by atoms with Gasteiger partial charge in [0.25, 0.3) is 5.78 Å². The summed E-state index contributed by atoms with van der Waals surface area (Å²) in [5, 5.41) is 19.9. The second-order valence-corrected chi connectivity index (χ2v) is 6.72. The van der Waals surface area contributed by atoms with Gasteiger partial charge in [-0.25, -0.2) is 4.79 Å². The van der Waals surface area contributed by atoms with Crippen molar-refractivity contribution in [3.63, 3.8) is 0 Å². The Balaban J connectivity index is 2.17. The number of carbonyl (C=O) groups excluding carboxylic acids is 1. The first kappa shape index (κ1) is 19.2. The summed E-state index contributed by atoms with van der Waals surface area (Å²) in [6, 6.07) is 11.7. The molecule has 1 heterocycles. The Morgan fingerprint density at radius 2 is 1.79 bits per heavy atom. The Hall–Kier alpha value is -3.54. The van der Waals surface area contributed by atoms with E-state index < -0.39 is 17.5 Å². The number of carboxylic acid groups (broad SMARTS) is 1. The minimum absolute atomic E-state index is 0.339. The van der Waals surface area contributed by atoms with Gasteiger partial charge in [0.2, 0.25) is 0 Å². The van der Waals surface area contributed by atoms with E-state index in [0.29, 0.717) is 29.3 Å². The average Bonchev–Trinajstić information content (AvgIpc) is 2.99. The molecule has 0 fully saturated rings. The Morgan fingerprint density at radius 3 is 2.39 bits per heavy atom. The number of aromatic nitrogens is 1. The maximum absolute atomic E-state index is 11.5. The molecule has 0 atom stereocenters. The molecular weight excluding hydrogens is 358 g/mol. The monoisotopic (exact) mass is 379 g/mol. The highest BCUT2D eigenvalue weighted by Gasteiger charge is 2.18. The first-order chi connectivity index (χ1) is 13.3. The molecule has 6 nitrogen and oxygen atoms in total. The number of nitrogens with zero attached hydrogens (tertiary/aromatic N) is 1. The van der Waals surface area contributed by atoms with Gasteiger partial charge in [-0.1, -0.05) is 35.4 Å². The fraction of sp³-hybridized carbons (Fsp3) is 0.182. The molecule has 0 saturated heterocycles. The Labute approximate surface area is 162 Å². The van der Waals surface area contributed by atoms with Crippen LogP contribution in [0.1, 0.15) is 22.3 Å². The van der Waals surface area contributed by atoms with Crippen LogP contribution in [0, 0.1) is 13.8 Å². The number of aliphatic hydroxyl groups is 1. The van der Waals surface area contributed by atoms with Gasteiger partial charge in [-0.3, -0.25) is 4.79 Å². The van der Waals surface area contributed by atoms with Crippen LogP contribution >= 0.6 is 0 Å². The zero-order chi connectivity index (χ0) is 20.4. The third-order valence-corrected chi connectivity index (χ3v) is 4.48. The lowest BCUT2D eigenvalue weighted by atomic mass is 10.1. The van der Waals surface area contributed by atoms with Crippen molar-refractivity contribution in [1.29, 1.82) is 0 Å². The fourth-order valence-electron chi connectivity index (χ4n) is 3.44. The van der Waals surface area contributed by atoms with Crippen LogP contribution in [0.15, 0.2) is 48.7 Å². The molecule has 0 aliphatic heterocycles. The van der Waals surface area contributed by atoms with E-state index in [4.69, 9.17) is 9.84 Å². The lowest BCUT2D eigenvalue weighted by Gasteiger charge is -2.09. The molecule has 0 spiro atoms. The Kier molecular flexibility index (Phi) is 5.22. The molecule has 6 heteroatoms. The van der Waals surface area contributed by atoms with Crippen LogP contribution in [0.5, 0.6) is 5.75 Å². The fourth-order valence-corrected chi connectivity index (χ4v) is 3.44. The predicted molar refractivity (Wildman–Crippen MR) is 107 cm³/mol. The van der Waals surface area contributed by atoms with Crippen LogP contribution in [0.25, 0.3) is 16.7 Å². The van der Waals surface area contributed by atoms with Crippen molar-refractivity contribution in [2.45, 2.75) is 20.4 Å². The number of ketones is 1. The van der Waals surface area contributed by atoms with Crippen molar-refractivity contribution < 1.29 is 24.5 Å². The average molecular weight is 379 g/mol. The van der Waals surface area contributed by atoms with Crippen LogP contribution in [0.4, 0.5) is 0 Å². The first-order valence-corrected chi connectivity index (χ1v) is 8.71. The summed E-state index contributed by atoms with van der Waals surface area (Å²) in [5.74, 6) is -2.71. The summed E-state index contributed by atoms with van der Waals surface area (Å²) in [6.07, 6.45) is 2.41. The number of carbonyl (C=O) groups is 2. The highest BCUT2D eigenvalue weighted by Crippen LogP contribution is 2.34. The number of aliphatic carboxylic acids is 1. The number of methoxy groups -OCH3 is 1. The van der Waals surface area contributed by atoms with E-state index in [9.17, 15) is 14.7 Å². The van der Waals surface area contributed by atoms with E-state index in [2.05, 4.69) is 18.2 Å². The molecule has 1 aromatic heterocycles. The molecule has 0 aliphatic carbocycles. The maximum Gasteiger partial charge on any atom is 0.376 e. The van der Waals surface area contributed by atoms with Gasteiger partial charge in [0, 0.05) is 24.4 Å². The Morgan fingerprint density at radius 1 is 1.11 bits per heavy atom. The molecule has 0 aliphatic rings. The zero-order valence-electron chi connectivity index (χ0n) is 15.9. The number of rotatable bonds is 6. The molecule has 0 unspecified atom stereocenters. The van der Waals surface area contributed by atoms with E-state index in [1.165, 1.54) is 7.11 Å². The van der Waals surface area contributed by atoms with Crippen molar-refractivity contribution in [2.75, 3.05) is 7.11 Å². The second kappa shape index (κ2) is 7.60. The van der Waals surface area contributed by atoms with Gasteiger partial charge in [0.15, 0.2) is 0 Å². The molecule has 3 rings (SSSR count). The van der Waals surface area contributed by atoms with Crippen LogP contribution in [-0.2, 0) is 16.1 Å². The van der Waals surface area contributed by atoms with E-state index in [1.54, 1.807) is 12.3 Å². The van der Waals surface area contributed by atoms with Crippen molar-refractivity contribution in [2.24, 2.45) is 0 Å². The minimum Gasteiger partial charge on any atom is -0.507 e. The van der Waals surface area contributed by atoms with Gasteiger partial charge in [0.1, 0.15) is 11.5 Å². The van der Waals surface area contributed by atoms with Gasteiger partial charge in [0.05, 0.1) is 18.0 Å². The normalized spacial score (nSPS) is 11.6. The SMILES string of the molecule is COc1cccc2c1c(/C(O)=C/C(=O)C(=O)O)cn2Cc1cc(C)cc(C)c1. The third-order valence-electron chi connectivity index (χ3n) is 4.48. The highest BCUT2D eigenvalue weighted by molar-refractivity contribution is 6.38. The van der Waals surface area contributed by atoms with Gasteiger partial charge < -0.3 is 19.5 Å². The summed E-state index contributed by atoms with van der Waals surface area (Å²) >= 11 is 0. The lowest BCUT2D eigenvalue weighted by molar-refractivity contribution is -0.146. The Bertz CT molecular complexity index is 1090. The topological polar surface area (TPSA) is 88.8 Å². The van der Waals surface area contributed by atoms with Gasteiger partial charge in [-0.2, -0.15) is 0 Å². The molecule has 2 aromatic carbocycles. The van der Waals surface area contributed by atoms with E-state index in [1.807, 2.05) is 30.5 Å². The van der Waals surface area contributed by atoms with Crippen molar-refractivity contribution >= 4 is 28.4 Å². The molecule has 0 saturated carbocycles. The van der Waals surface area contributed by atoms with Crippen LogP contribution < -0.4 is 4.74 Å². The van der Waals surface area contributed by atoms with Crippen molar-refractivity contribution in [3.05, 3.63) is 70.9 Å². The molecule has 2 N–H and O–H groups in total. The molecule has 0 radical (unpaired) electrons. The summed E-state index contributed by atoms with van der Waals surface area (Å²) < 4.78 is 7.36. The van der Waals surface area contributed by atoms with Crippen LogP contribution in [0.2, 0.25) is 0 Å². The first-order valence-electron chi connectivity index (χ1n) is 8.71. The number of hydrogen-bond donors (Lipinski definition) is 2. The highest BCUT2D eigenvalue weighted by atomic mass is 16.5. The number of aryl methyl sites for hydroxylation is 2. The van der Waals surface area contributed by atoms with Crippen LogP contribution in [0.3, 0.4) is 0 Å². The standard InChI is InChI=1S/C22H21NO5/c1-13-7-14(2)9-15(8-13)11-23-12-16(18(24)10-19(25)22(26)27)21-17(23)5-4-6-20(21)28-3/h4-10,12,24H,11H2,1-3H3,(H,26,27)/b18-10-. The van der Waals surface area contributed by atoms with E-state index in [0.717, 1.165) is 22.2 Å². The summed E-state index contributed by atoms with van der Waals surface area (Å²) in [7, 11) is 1.52. The summed E-state index contributed by atoms with van der Waals surface area (Å²) in [4.78, 5) is 22.3. The van der Waals surface area contributed by atoms with E-state index in [-0.39, 0.29) is 0 Å². The molecule has 3 aromatic rings. The number of benzene rings is 2. The van der Waals surface area contributed by atoms with Gasteiger partial charge in [-0.05, 0) is 31.5 Å². The molecular formula is C22H21NO5. The smallest absolute Gasteiger partial charge is 0.376 e. The largest absolute Gasteiger partial charge is 0.507 e. The molecule has 0 bridgehead atoms. The number of ether oxygens (including phenoxy) is 1. The minimum atomic E-state index is -1.63. The quantitative estimate of drug-likeness (QED) is 0.386. The maximum atomic E-state index is 11.5. The van der Waals surface area contributed by atoms with Gasteiger partial charge in [-0.15, -0.1) is 0 Å². The summed E-state index contributed by atoms with van der Waals surface area (Å²) in [6.45, 7) is 4.61. The lowest BCUT2D eigenvalue weighted by Crippen LogP contribution is -2.09. The summed E-state index contributed by atoms with van der Waals surface area (Å²) in [5.41, 5.74) is 4.54. The molecule has 28 heavy (non-hydrogen) atoms. The number of carboxylic acids is 1. The van der Waals surface area contributed by atoms with Crippen molar-refractivity contribution in [1.82, 2.24) is 4.57 Å².